The van der Waals surface area contributed by atoms with E-state index in [-0.39, 0.29) is 0 Å². The first kappa shape index (κ1) is 23.2. The average molecular weight is 459 g/mol. The van der Waals surface area contributed by atoms with Gasteiger partial charge in [0.2, 0.25) is 0 Å². The van der Waals surface area contributed by atoms with Crippen LogP contribution in [0.1, 0.15) is 36.0 Å². The lowest BCUT2D eigenvalue weighted by Crippen LogP contribution is -2.39. The van der Waals surface area contributed by atoms with Gasteiger partial charge in [-0.2, -0.15) is 0 Å². The molecule has 0 saturated carbocycles. The quantitative estimate of drug-likeness (QED) is 0.463. The summed E-state index contributed by atoms with van der Waals surface area (Å²) in [6, 6.07) is 20.0. The molecule has 4 heteroatoms. The van der Waals surface area contributed by atoms with Crippen molar-refractivity contribution in [3.8, 4) is 11.5 Å². The van der Waals surface area contributed by atoms with Crippen molar-refractivity contribution in [3.05, 3.63) is 71.3 Å². The van der Waals surface area contributed by atoms with Gasteiger partial charge in [0, 0.05) is 32.7 Å². The summed E-state index contributed by atoms with van der Waals surface area (Å²) < 4.78 is 11.1. The maximum atomic E-state index is 5.55. The largest absolute Gasteiger partial charge is 0.493 e. The Morgan fingerprint density at radius 3 is 2.44 bits per heavy atom. The van der Waals surface area contributed by atoms with Crippen molar-refractivity contribution in [1.29, 1.82) is 0 Å². The van der Waals surface area contributed by atoms with E-state index in [2.05, 4.69) is 64.4 Å². The second kappa shape index (κ2) is 10.8. The number of rotatable bonds is 7. The first-order valence-corrected chi connectivity index (χ1v) is 12.9. The molecule has 1 saturated heterocycles. The van der Waals surface area contributed by atoms with E-state index in [0.717, 1.165) is 49.9 Å². The molecule has 0 spiro atoms. The Morgan fingerprint density at radius 2 is 1.62 bits per heavy atom. The van der Waals surface area contributed by atoms with Gasteiger partial charge in [-0.05, 0) is 77.7 Å². The van der Waals surface area contributed by atoms with Crippen LogP contribution in [0.25, 0.3) is 10.8 Å². The van der Waals surface area contributed by atoms with E-state index in [1.54, 1.807) is 14.2 Å². The molecule has 2 aliphatic heterocycles. The van der Waals surface area contributed by atoms with Gasteiger partial charge < -0.3 is 14.4 Å². The third-order valence-electron chi connectivity index (χ3n) is 7.70. The molecule has 0 N–H and O–H groups in total. The fourth-order valence-corrected chi connectivity index (χ4v) is 5.81. The number of fused-ring (bicyclic) bond motifs is 2. The summed E-state index contributed by atoms with van der Waals surface area (Å²) in [6.45, 7) is 6.97. The van der Waals surface area contributed by atoms with Gasteiger partial charge in [-0.1, -0.05) is 48.9 Å². The topological polar surface area (TPSA) is 24.9 Å². The minimum atomic E-state index is 0.751. The number of nitrogens with zero attached hydrogens (tertiary/aromatic N) is 2. The lowest BCUT2D eigenvalue weighted by atomic mass is 9.96. The minimum Gasteiger partial charge on any atom is -0.493 e. The molecule has 0 bridgehead atoms. The van der Waals surface area contributed by atoms with E-state index in [1.165, 1.54) is 66.4 Å². The van der Waals surface area contributed by atoms with Gasteiger partial charge in [0.05, 0.1) is 14.2 Å². The first-order valence-electron chi connectivity index (χ1n) is 12.9. The van der Waals surface area contributed by atoms with Gasteiger partial charge in [0.25, 0.3) is 0 Å². The lowest BCUT2D eigenvalue weighted by Gasteiger charge is -2.33. The van der Waals surface area contributed by atoms with E-state index in [4.69, 9.17) is 9.47 Å². The zero-order valence-electron chi connectivity index (χ0n) is 20.8. The molecular formula is C30H38N2O2. The van der Waals surface area contributed by atoms with Crippen LogP contribution in [0.15, 0.2) is 54.6 Å². The predicted octanol–water partition coefficient (Wildman–Crippen LogP) is 5.56. The molecule has 2 heterocycles. The Bertz CT molecular complexity index is 1110. The van der Waals surface area contributed by atoms with Crippen molar-refractivity contribution in [2.24, 2.45) is 5.92 Å². The Hall–Kier alpha value is -2.56. The smallest absolute Gasteiger partial charge is 0.161 e. The summed E-state index contributed by atoms with van der Waals surface area (Å²) >= 11 is 0. The van der Waals surface area contributed by atoms with Crippen molar-refractivity contribution >= 4 is 10.8 Å². The van der Waals surface area contributed by atoms with Crippen LogP contribution in [0, 0.1) is 5.92 Å². The highest BCUT2D eigenvalue weighted by Crippen LogP contribution is 2.33. The zero-order valence-corrected chi connectivity index (χ0v) is 20.8. The first-order chi connectivity index (χ1) is 16.7. The fraction of sp³-hybridized carbons (Fsp3) is 0.467. The molecule has 0 aromatic heterocycles. The number of hydrogen-bond donors (Lipinski definition) is 0. The fourth-order valence-electron chi connectivity index (χ4n) is 5.81. The molecule has 1 unspecified atom stereocenters. The highest BCUT2D eigenvalue weighted by molar-refractivity contribution is 5.82. The van der Waals surface area contributed by atoms with Crippen LogP contribution < -0.4 is 9.47 Å². The standard InChI is InChI=1S/C30H38N2O2/c1-33-29-18-27-13-16-32(22-28(27)19-30(29)34-2)21-24-7-5-6-14-31(20-24)15-12-23-10-11-25-8-3-4-9-26(25)17-23/h3-4,8-11,17-19,24H,5-7,12-16,20-22H2,1-2H3. The summed E-state index contributed by atoms with van der Waals surface area (Å²) in [7, 11) is 3.44. The second-order valence-electron chi connectivity index (χ2n) is 10.1. The van der Waals surface area contributed by atoms with Crippen molar-refractivity contribution in [1.82, 2.24) is 9.80 Å². The Balaban J connectivity index is 1.18. The van der Waals surface area contributed by atoms with E-state index in [1.807, 2.05) is 0 Å². The van der Waals surface area contributed by atoms with Gasteiger partial charge in [-0.25, -0.2) is 0 Å². The van der Waals surface area contributed by atoms with Crippen LogP contribution in [-0.4, -0.2) is 56.7 Å². The Labute approximate surface area is 204 Å². The molecule has 0 radical (unpaired) electrons. The normalized spacial score (nSPS) is 19.5. The minimum absolute atomic E-state index is 0.751. The molecule has 180 valence electrons. The van der Waals surface area contributed by atoms with E-state index < -0.39 is 0 Å². The van der Waals surface area contributed by atoms with Crippen LogP contribution in [0.2, 0.25) is 0 Å². The molecule has 0 aliphatic carbocycles. The summed E-state index contributed by atoms with van der Waals surface area (Å²) in [6.07, 6.45) is 6.26. The third-order valence-corrected chi connectivity index (χ3v) is 7.70. The second-order valence-corrected chi connectivity index (χ2v) is 10.1. The molecule has 0 amide bonds. The van der Waals surface area contributed by atoms with Gasteiger partial charge in [0.1, 0.15) is 0 Å². The van der Waals surface area contributed by atoms with E-state index >= 15 is 0 Å². The SMILES string of the molecule is COc1cc2c(cc1OC)CN(CC1CCCCN(CCc3ccc4ccccc4c3)C1)CC2. The van der Waals surface area contributed by atoms with Gasteiger partial charge in [0.15, 0.2) is 11.5 Å². The molecule has 1 fully saturated rings. The van der Waals surface area contributed by atoms with Crippen LogP contribution >= 0.6 is 0 Å². The summed E-state index contributed by atoms with van der Waals surface area (Å²) in [5.41, 5.74) is 4.26. The maximum absolute atomic E-state index is 5.55. The predicted molar refractivity (Wildman–Crippen MR) is 140 cm³/mol. The summed E-state index contributed by atoms with van der Waals surface area (Å²) in [5.74, 6) is 2.44. The Morgan fingerprint density at radius 1 is 0.824 bits per heavy atom. The van der Waals surface area contributed by atoms with Gasteiger partial charge >= 0.3 is 0 Å². The lowest BCUT2D eigenvalue weighted by molar-refractivity contribution is 0.174. The number of methoxy groups -OCH3 is 2. The molecule has 4 nitrogen and oxygen atoms in total. The number of likely N-dealkylation sites (tertiary alicyclic amines) is 1. The van der Waals surface area contributed by atoms with Crippen molar-refractivity contribution in [3.63, 3.8) is 0 Å². The molecule has 34 heavy (non-hydrogen) atoms. The maximum Gasteiger partial charge on any atom is 0.161 e. The monoisotopic (exact) mass is 458 g/mol. The van der Waals surface area contributed by atoms with Crippen molar-refractivity contribution < 1.29 is 9.47 Å². The summed E-state index contributed by atoms with van der Waals surface area (Å²) in [5, 5.41) is 2.69. The highest BCUT2D eigenvalue weighted by atomic mass is 16.5. The van der Waals surface area contributed by atoms with Crippen molar-refractivity contribution in [2.45, 2.75) is 38.6 Å². The molecule has 2 aliphatic rings. The van der Waals surface area contributed by atoms with E-state index in [9.17, 15) is 0 Å². The van der Waals surface area contributed by atoms with Gasteiger partial charge in [-0.3, -0.25) is 4.90 Å². The summed E-state index contributed by atoms with van der Waals surface area (Å²) in [4.78, 5) is 5.38. The Kier molecular flexibility index (Phi) is 7.36. The average Bonchev–Trinajstić information content (AvgIpc) is 3.11. The van der Waals surface area contributed by atoms with Crippen LogP contribution in [0.3, 0.4) is 0 Å². The molecule has 1 atom stereocenters. The van der Waals surface area contributed by atoms with Crippen molar-refractivity contribution in [2.75, 3.05) is 46.9 Å². The molecule has 3 aromatic carbocycles. The van der Waals surface area contributed by atoms with E-state index in [0.29, 0.717) is 0 Å². The van der Waals surface area contributed by atoms with Gasteiger partial charge in [-0.15, -0.1) is 0 Å². The molecule has 3 aromatic rings. The third kappa shape index (κ3) is 5.39. The van der Waals surface area contributed by atoms with Crippen LogP contribution in [-0.2, 0) is 19.4 Å². The molecule has 5 rings (SSSR count). The highest BCUT2D eigenvalue weighted by Gasteiger charge is 2.24. The molecular weight excluding hydrogens is 420 g/mol. The number of benzene rings is 3. The van der Waals surface area contributed by atoms with Crippen LogP contribution in [0.5, 0.6) is 11.5 Å². The number of ether oxygens (including phenoxy) is 2. The zero-order chi connectivity index (χ0) is 23.3. The number of hydrogen-bond acceptors (Lipinski definition) is 4. The van der Waals surface area contributed by atoms with Crippen LogP contribution in [0.4, 0.5) is 0 Å².